The van der Waals surface area contributed by atoms with E-state index in [4.69, 9.17) is 10.5 Å². The average molecular weight is 392 g/mol. The first-order chi connectivity index (χ1) is 13.2. The molecule has 0 radical (unpaired) electrons. The van der Waals surface area contributed by atoms with E-state index in [-0.39, 0.29) is 12.0 Å². The van der Waals surface area contributed by atoms with Crippen molar-refractivity contribution in [2.45, 2.75) is 97.9 Å². The maximum Gasteiger partial charge on any atom is 0.119 e. The minimum absolute atomic E-state index is 0.00935. The second-order valence-electron chi connectivity index (χ2n) is 9.86. The van der Waals surface area contributed by atoms with Gasteiger partial charge in [0.2, 0.25) is 0 Å². The Kier molecular flexibility index (Phi) is 11.1. The van der Waals surface area contributed by atoms with Crippen molar-refractivity contribution in [1.82, 2.24) is 0 Å². The molecule has 0 aliphatic carbocycles. The highest BCUT2D eigenvalue weighted by molar-refractivity contribution is 5.27. The van der Waals surface area contributed by atoms with Gasteiger partial charge in [0.15, 0.2) is 0 Å². The van der Waals surface area contributed by atoms with Crippen molar-refractivity contribution in [3.05, 3.63) is 29.8 Å². The van der Waals surface area contributed by atoms with E-state index in [1.807, 2.05) is 0 Å². The van der Waals surface area contributed by atoms with E-state index >= 15 is 0 Å². The average Bonchev–Trinajstić information content (AvgIpc) is 2.64. The first kappa shape index (κ1) is 25.0. The third-order valence-electron chi connectivity index (χ3n) is 6.00. The number of unbranched alkanes of at least 4 members (excludes halogenated alkanes) is 5. The Morgan fingerprint density at radius 1 is 0.929 bits per heavy atom. The maximum absolute atomic E-state index is 9.72. The van der Waals surface area contributed by atoms with Crippen LogP contribution in [0, 0.1) is 11.3 Å². The molecule has 28 heavy (non-hydrogen) atoms. The van der Waals surface area contributed by atoms with Crippen LogP contribution in [0.4, 0.5) is 0 Å². The third-order valence-corrected chi connectivity index (χ3v) is 6.00. The van der Waals surface area contributed by atoms with Gasteiger partial charge in [-0.1, -0.05) is 85.3 Å². The summed E-state index contributed by atoms with van der Waals surface area (Å²) < 4.78 is 5.88. The molecule has 0 saturated carbocycles. The quantitative estimate of drug-likeness (QED) is 0.376. The SMILES string of the molecule is CC(C)CCCCCCCCOc1ccc(CCC(N)(CO)C(C)(C)C)cc1. The number of hydrogen-bond donors (Lipinski definition) is 2. The van der Waals surface area contributed by atoms with Crippen LogP contribution in [0.1, 0.15) is 91.5 Å². The Morgan fingerprint density at radius 3 is 2.04 bits per heavy atom. The standard InChI is InChI=1S/C25H45NO2/c1-21(2)12-10-8-6-7-9-11-19-28-23-15-13-22(14-16-23)17-18-25(26,20-27)24(3,4)5/h13-16,21,27H,6-12,17-20,26H2,1-5H3. The normalized spacial score (nSPS) is 14.3. The second-order valence-corrected chi connectivity index (χ2v) is 9.86. The van der Waals surface area contributed by atoms with E-state index in [0.717, 1.165) is 37.5 Å². The fraction of sp³-hybridized carbons (Fsp3) is 0.760. The van der Waals surface area contributed by atoms with Crippen molar-refractivity contribution in [3.63, 3.8) is 0 Å². The number of hydrogen-bond acceptors (Lipinski definition) is 3. The zero-order valence-electron chi connectivity index (χ0n) is 19.1. The molecule has 3 heteroatoms. The predicted molar refractivity (Wildman–Crippen MR) is 121 cm³/mol. The van der Waals surface area contributed by atoms with Gasteiger partial charge in [0.25, 0.3) is 0 Å². The molecular formula is C25H45NO2. The molecular weight excluding hydrogens is 346 g/mol. The first-order valence-corrected chi connectivity index (χ1v) is 11.3. The van der Waals surface area contributed by atoms with Crippen LogP contribution in [0.2, 0.25) is 0 Å². The molecule has 0 bridgehead atoms. The smallest absolute Gasteiger partial charge is 0.119 e. The lowest BCUT2D eigenvalue weighted by molar-refractivity contribution is 0.0875. The summed E-state index contributed by atoms with van der Waals surface area (Å²) in [6.07, 6.45) is 10.8. The van der Waals surface area contributed by atoms with E-state index in [1.165, 1.54) is 44.1 Å². The summed E-state index contributed by atoms with van der Waals surface area (Å²) >= 11 is 0. The summed E-state index contributed by atoms with van der Waals surface area (Å²) in [5, 5.41) is 9.72. The van der Waals surface area contributed by atoms with Crippen LogP contribution in [0.15, 0.2) is 24.3 Å². The minimum atomic E-state index is -0.559. The van der Waals surface area contributed by atoms with Crippen LogP contribution in [-0.4, -0.2) is 23.9 Å². The Labute approximate surface area is 174 Å². The molecule has 0 saturated heterocycles. The van der Waals surface area contributed by atoms with Crippen molar-refractivity contribution in [2.75, 3.05) is 13.2 Å². The number of nitrogens with two attached hydrogens (primary N) is 1. The summed E-state index contributed by atoms with van der Waals surface area (Å²) in [6, 6.07) is 8.33. The van der Waals surface area contributed by atoms with Crippen LogP contribution in [-0.2, 0) is 6.42 Å². The van der Waals surface area contributed by atoms with E-state index < -0.39 is 5.54 Å². The second kappa shape index (κ2) is 12.5. The first-order valence-electron chi connectivity index (χ1n) is 11.3. The molecule has 1 rings (SSSR count). The number of benzene rings is 1. The van der Waals surface area contributed by atoms with Gasteiger partial charge in [-0.3, -0.25) is 0 Å². The number of aryl methyl sites for hydroxylation is 1. The van der Waals surface area contributed by atoms with Gasteiger partial charge in [0.05, 0.1) is 13.2 Å². The number of ether oxygens (including phenoxy) is 1. The summed E-state index contributed by atoms with van der Waals surface area (Å²) in [4.78, 5) is 0. The lowest BCUT2D eigenvalue weighted by atomic mass is 9.71. The Balaban J connectivity index is 2.21. The van der Waals surface area contributed by atoms with Crippen LogP contribution in [0.25, 0.3) is 0 Å². The molecule has 0 heterocycles. The highest BCUT2D eigenvalue weighted by Gasteiger charge is 2.37. The van der Waals surface area contributed by atoms with Crippen molar-refractivity contribution in [3.8, 4) is 5.75 Å². The summed E-state index contributed by atoms with van der Waals surface area (Å²) in [6.45, 7) is 11.7. The van der Waals surface area contributed by atoms with Crippen molar-refractivity contribution >= 4 is 0 Å². The lowest BCUT2D eigenvalue weighted by Crippen LogP contribution is -2.54. The summed E-state index contributed by atoms with van der Waals surface area (Å²) in [5.41, 5.74) is 6.98. The van der Waals surface area contributed by atoms with E-state index in [2.05, 4.69) is 58.9 Å². The van der Waals surface area contributed by atoms with Crippen LogP contribution in [0.3, 0.4) is 0 Å². The van der Waals surface area contributed by atoms with Gasteiger partial charge in [-0.05, 0) is 48.3 Å². The molecule has 0 aromatic heterocycles. The fourth-order valence-corrected chi connectivity index (χ4v) is 3.36. The number of aliphatic hydroxyl groups is 1. The zero-order valence-corrected chi connectivity index (χ0v) is 19.1. The highest BCUT2D eigenvalue weighted by atomic mass is 16.5. The Bertz CT molecular complexity index is 518. The molecule has 0 amide bonds. The van der Waals surface area contributed by atoms with E-state index in [1.54, 1.807) is 0 Å². The van der Waals surface area contributed by atoms with Gasteiger partial charge in [-0.15, -0.1) is 0 Å². The van der Waals surface area contributed by atoms with Gasteiger partial charge < -0.3 is 15.6 Å². The van der Waals surface area contributed by atoms with Crippen molar-refractivity contribution < 1.29 is 9.84 Å². The molecule has 1 aromatic rings. The van der Waals surface area contributed by atoms with Crippen LogP contribution < -0.4 is 10.5 Å². The van der Waals surface area contributed by atoms with Crippen molar-refractivity contribution in [1.29, 1.82) is 0 Å². The summed E-state index contributed by atoms with van der Waals surface area (Å²) in [5.74, 6) is 1.78. The molecule has 0 spiro atoms. The molecule has 0 fully saturated rings. The predicted octanol–water partition coefficient (Wildman–Crippen LogP) is 6.12. The van der Waals surface area contributed by atoms with Gasteiger partial charge in [0.1, 0.15) is 5.75 Å². The summed E-state index contributed by atoms with van der Waals surface area (Å²) in [7, 11) is 0. The topological polar surface area (TPSA) is 55.5 Å². The Morgan fingerprint density at radius 2 is 1.50 bits per heavy atom. The van der Waals surface area contributed by atoms with Crippen molar-refractivity contribution in [2.24, 2.45) is 17.1 Å². The molecule has 3 N–H and O–H groups in total. The molecule has 0 aliphatic heterocycles. The molecule has 1 atom stereocenters. The molecule has 0 aliphatic rings. The molecule has 1 aromatic carbocycles. The number of rotatable bonds is 14. The van der Waals surface area contributed by atoms with Gasteiger partial charge in [-0.2, -0.15) is 0 Å². The van der Waals surface area contributed by atoms with Gasteiger partial charge >= 0.3 is 0 Å². The zero-order chi connectivity index (χ0) is 21.0. The van der Waals surface area contributed by atoms with Gasteiger partial charge in [0, 0.05) is 5.54 Å². The van der Waals surface area contributed by atoms with E-state index in [9.17, 15) is 5.11 Å². The molecule has 162 valence electrons. The van der Waals surface area contributed by atoms with Crippen LogP contribution >= 0.6 is 0 Å². The largest absolute Gasteiger partial charge is 0.494 e. The highest BCUT2D eigenvalue weighted by Crippen LogP contribution is 2.32. The Hall–Kier alpha value is -1.06. The lowest BCUT2D eigenvalue weighted by Gasteiger charge is -2.40. The van der Waals surface area contributed by atoms with Gasteiger partial charge in [-0.25, -0.2) is 0 Å². The van der Waals surface area contributed by atoms with Crippen LogP contribution in [0.5, 0.6) is 5.75 Å². The third kappa shape index (κ3) is 9.43. The molecule has 3 nitrogen and oxygen atoms in total. The number of aliphatic hydroxyl groups excluding tert-OH is 1. The maximum atomic E-state index is 9.72. The monoisotopic (exact) mass is 391 g/mol. The van der Waals surface area contributed by atoms with E-state index in [0.29, 0.717) is 0 Å². The minimum Gasteiger partial charge on any atom is -0.494 e. The molecule has 1 unspecified atom stereocenters. The fourth-order valence-electron chi connectivity index (χ4n) is 3.36.